The van der Waals surface area contributed by atoms with Crippen molar-refractivity contribution in [1.82, 2.24) is 0 Å². The number of aliphatic carboxylic acids is 2. The molecule has 0 aliphatic carbocycles. The summed E-state index contributed by atoms with van der Waals surface area (Å²) in [6, 6.07) is 0. The Bertz CT molecular complexity index is 263. The van der Waals surface area contributed by atoms with Crippen molar-refractivity contribution < 1.29 is 29.6 Å². The van der Waals surface area contributed by atoms with Crippen molar-refractivity contribution in [3.63, 3.8) is 0 Å². The first-order valence-corrected chi connectivity index (χ1v) is 5.34. The molecule has 0 unspecified atom stereocenters. The first kappa shape index (κ1) is 19.0. The van der Waals surface area contributed by atoms with Gasteiger partial charge in [-0.1, -0.05) is 0 Å². The zero-order valence-corrected chi connectivity index (χ0v) is 11.7. The summed E-state index contributed by atoms with van der Waals surface area (Å²) in [4.78, 5) is 29.3. The molecule has 0 saturated heterocycles. The molecule has 0 saturated carbocycles. The number of carboxylic acid groups (broad SMARTS) is 2. The second-order valence-corrected chi connectivity index (χ2v) is 5.40. The van der Waals surface area contributed by atoms with Gasteiger partial charge in [0.15, 0.2) is 0 Å². The Kier molecular flexibility index (Phi) is 8.25. The van der Waals surface area contributed by atoms with Crippen molar-refractivity contribution >= 4 is 11.9 Å². The summed E-state index contributed by atoms with van der Waals surface area (Å²) in [6.45, 7) is 11.7. The Morgan fingerprint density at radius 3 is 1.11 bits per heavy atom. The lowest BCUT2D eigenvalue weighted by Gasteiger charge is -2.24. The average molecular weight is 262 g/mol. The fraction of sp³-hybridized carbons (Fsp3) is 0.667. The summed E-state index contributed by atoms with van der Waals surface area (Å²) in [7, 11) is 0. The summed E-state index contributed by atoms with van der Waals surface area (Å²) in [5.74, 6) is -2.51. The van der Waals surface area contributed by atoms with Crippen LogP contribution in [0.1, 0.15) is 41.5 Å². The van der Waals surface area contributed by atoms with Gasteiger partial charge in [-0.05, 0) is 41.5 Å². The number of carboxylic acids is 2. The third-order valence-corrected chi connectivity index (χ3v) is 0.910. The van der Waals surface area contributed by atoms with Crippen molar-refractivity contribution in [2.75, 3.05) is 0 Å². The second-order valence-electron chi connectivity index (χ2n) is 5.40. The first-order chi connectivity index (χ1) is 7.83. The lowest BCUT2D eigenvalue weighted by Crippen LogP contribution is -2.27. The molecule has 6 nitrogen and oxygen atoms in total. The average Bonchev–Trinajstić information content (AvgIpc) is 2.10. The van der Waals surface area contributed by atoms with E-state index in [-0.39, 0.29) is 11.2 Å². The smallest absolute Gasteiger partial charge is 0.328 e. The molecule has 18 heavy (non-hydrogen) atoms. The van der Waals surface area contributed by atoms with Crippen molar-refractivity contribution in [2.24, 2.45) is 0 Å². The molecule has 0 spiro atoms. The summed E-state index contributed by atoms with van der Waals surface area (Å²) >= 11 is 0. The number of hydrogen-bond donors (Lipinski definition) is 2. The van der Waals surface area contributed by atoms with Gasteiger partial charge in [-0.15, -0.1) is 0 Å². The van der Waals surface area contributed by atoms with Gasteiger partial charge in [-0.3, -0.25) is 0 Å². The van der Waals surface area contributed by atoms with E-state index in [1.165, 1.54) is 0 Å². The molecule has 0 radical (unpaired) electrons. The van der Waals surface area contributed by atoms with E-state index in [4.69, 9.17) is 20.0 Å². The molecule has 0 aromatic rings. The Labute approximate surface area is 107 Å². The summed E-state index contributed by atoms with van der Waals surface area (Å²) in [5.41, 5.74) is -0.430. The molecule has 0 atom stereocenters. The molecule has 0 aliphatic heterocycles. The quantitative estimate of drug-likeness (QED) is 0.460. The first-order valence-electron chi connectivity index (χ1n) is 5.34. The molecule has 0 rings (SSSR count). The van der Waals surface area contributed by atoms with Gasteiger partial charge in [-0.25, -0.2) is 19.4 Å². The fourth-order valence-electron chi connectivity index (χ4n) is 0.393. The van der Waals surface area contributed by atoms with Crippen LogP contribution in [0.2, 0.25) is 0 Å². The Hall–Kier alpha value is -1.40. The van der Waals surface area contributed by atoms with Crippen molar-refractivity contribution in [3.05, 3.63) is 12.2 Å². The molecule has 0 aliphatic rings. The highest BCUT2D eigenvalue weighted by molar-refractivity contribution is 5.89. The standard InChI is InChI=1S/C8H18O2.C4H4O4/c1-7(2,3)9-10-8(4,5)6;5-3(6)1-2-4(7)8/h1-6H3;1-2H,(H,5,6)(H,7,8)/b;2-1-. The number of rotatable bonds is 3. The molecule has 0 heterocycles. The van der Waals surface area contributed by atoms with E-state index in [1.807, 2.05) is 41.5 Å². The fourth-order valence-corrected chi connectivity index (χ4v) is 0.393. The number of hydrogen-bond acceptors (Lipinski definition) is 4. The molecular weight excluding hydrogens is 240 g/mol. The highest BCUT2D eigenvalue weighted by Gasteiger charge is 2.18. The van der Waals surface area contributed by atoms with E-state index in [9.17, 15) is 9.59 Å². The Balaban J connectivity index is 0. The van der Waals surface area contributed by atoms with Crippen LogP contribution < -0.4 is 0 Å². The minimum absolute atomic E-state index is 0.215. The van der Waals surface area contributed by atoms with Crippen LogP contribution in [0.3, 0.4) is 0 Å². The Morgan fingerprint density at radius 2 is 1.00 bits per heavy atom. The van der Waals surface area contributed by atoms with Crippen molar-refractivity contribution in [3.8, 4) is 0 Å². The summed E-state index contributed by atoms with van der Waals surface area (Å²) in [5, 5.41) is 15.6. The monoisotopic (exact) mass is 262 g/mol. The van der Waals surface area contributed by atoms with Gasteiger partial charge in [0.1, 0.15) is 0 Å². The maximum absolute atomic E-state index is 9.55. The molecule has 106 valence electrons. The van der Waals surface area contributed by atoms with Gasteiger partial charge in [0.2, 0.25) is 0 Å². The van der Waals surface area contributed by atoms with Crippen molar-refractivity contribution in [1.29, 1.82) is 0 Å². The van der Waals surface area contributed by atoms with Crippen LogP contribution in [0.25, 0.3) is 0 Å². The minimum Gasteiger partial charge on any atom is -0.478 e. The third-order valence-electron chi connectivity index (χ3n) is 0.910. The second kappa shape index (κ2) is 7.84. The van der Waals surface area contributed by atoms with Gasteiger partial charge in [0, 0.05) is 12.2 Å². The largest absolute Gasteiger partial charge is 0.478 e. The van der Waals surface area contributed by atoms with Gasteiger partial charge in [-0.2, -0.15) is 0 Å². The van der Waals surface area contributed by atoms with E-state index in [2.05, 4.69) is 0 Å². The van der Waals surface area contributed by atoms with E-state index in [0.717, 1.165) is 0 Å². The molecule has 0 bridgehead atoms. The molecule has 6 heteroatoms. The van der Waals surface area contributed by atoms with Crippen molar-refractivity contribution in [2.45, 2.75) is 52.7 Å². The van der Waals surface area contributed by atoms with Gasteiger partial charge < -0.3 is 10.2 Å². The van der Waals surface area contributed by atoms with E-state index < -0.39 is 11.9 Å². The van der Waals surface area contributed by atoms with E-state index in [0.29, 0.717) is 12.2 Å². The topological polar surface area (TPSA) is 93.1 Å². The van der Waals surface area contributed by atoms with Crippen LogP contribution in [0.4, 0.5) is 0 Å². The summed E-state index contributed by atoms with van der Waals surface area (Å²) < 4.78 is 0. The van der Waals surface area contributed by atoms with Crippen LogP contribution in [0.5, 0.6) is 0 Å². The highest BCUT2D eigenvalue weighted by Crippen LogP contribution is 2.14. The predicted molar refractivity (Wildman–Crippen MR) is 66.1 cm³/mol. The predicted octanol–water partition coefficient (Wildman–Crippen LogP) is 2.24. The zero-order valence-electron chi connectivity index (χ0n) is 11.7. The van der Waals surface area contributed by atoms with Crippen LogP contribution in [0, 0.1) is 0 Å². The summed E-state index contributed by atoms with van der Waals surface area (Å²) in [6.07, 6.45) is 1.12. The van der Waals surface area contributed by atoms with E-state index in [1.54, 1.807) is 0 Å². The van der Waals surface area contributed by atoms with E-state index >= 15 is 0 Å². The van der Waals surface area contributed by atoms with Gasteiger partial charge in [0.25, 0.3) is 0 Å². The highest BCUT2D eigenvalue weighted by atomic mass is 17.2. The lowest BCUT2D eigenvalue weighted by molar-refractivity contribution is -0.393. The molecule has 0 aromatic carbocycles. The SMILES string of the molecule is CC(C)(C)OOC(C)(C)C.O=C(O)/C=C\C(=O)O. The van der Waals surface area contributed by atoms with Crippen LogP contribution in [-0.2, 0) is 19.4 Å². The van der Waals surface area contributed by atoms with Crippen LogP contribution >= 0.6 is 0 Å². The number of carbonyl (C=O) groups is 2. The maximum atomic E-state index is 9.55. The molecule has 0 aromatic heterocycles. The normalized spacial score (nSPS) is 11.9. The van der Waals surface area contributed by atoms with Gasteiger partial charge >= 0.3 is 11.9 Å². The molecule has 0 fully saturated rings. The van der Waals surface area contributed by atoms with Gasteiger partial charge in [0.05, 0.1) is 11.2 Å². The van der Waals surface area contributed by atoms with Crippen LogP contribution in [0.15, 0.2) is 12.2 Å². The third kappa shape index (κ3) is 24.0. The molecule has 2 N–H and O–H groups in total. The minimum atomic E-state index is -1.26. The lowest BCUT2D eigenvalue weighted by atomic mass is 10.2. The molecular formula is C12H22O6. The molecule has 0 amide bonds. The zero-order chi connectivity index (χ0) is 15.0. The maximum Gasteiger partial charge on any atom is 0.328 e. The Morgan fingerprint density at radius 1 is 0.778 bits per heavy atom. The van der Waals surface area contributed by atoms with Crippen LogP contribution in [-0.4, -0.2) is 33.4 Å².